The van der Waals surface area contributed by atoms with Gasteiger partial charge in [0.2, 0.25) is 0 Å². The van der Waals surface area contributed by atoms with Crippen LogP contribution in [0.1, 0.15) is 5.56 Å². The van der Waals surface area contributed by atoms with Crippen molar-refractivity contribution in [2.75, 3.05) is 33.2 Å². The summed E-state index contributed by atoms with van der Waals surface area (Å²) < 4.78 is 10.4. The van der Waals surface area contributed by atoms with Gasteiger partial charge in [0, 0.05) is 20.2 Å². The highest BCUT2D eigenvalue weighted by atomic mass is 16.5. The molecule has 0 fully saturated rings. The Morgan fingerprint density at radius 1 is 1.24 bits per heavy atom. The lowest BCUT2D eigenvalue weighted by Crippen LogP contribution is -2.35. The van der Waals surface area contributed by atoms with Crippen LogP contribution in [0.5, 0.6) is 11.5 Å². The number of aryl methyl sites for hydroxylation is 1. The molecule has 1 rings (SSSR count). The minimum absolute atomic E-state index is 0.180. The first-order chi connectivity index (χ1) is 8.04. The van der Waals surface area contributed by atoms with Gasteiger partial charge < -0.3 is 14.8 Å². The number of carbonyl (C=O) groups excluding carboxylic acids is 1. The summed E-state index contributed by atoms with van der Waals surface area (Å²) in [7, 11) is 6.44. The molecule has 0 aromatic heterocycles. The maximum absolute atomic E-state index is 11.6. The van der Waals surface area contributed by atoms with Crippen molar-refractivity contribution >= 4 is 11.7 Å². The lowest BCUT2D eigenvalue weighted by atomic mass is 10.1. The van der Waals surface area contributed by atoms with Crippen LogP contribution in [0.2, 0.25) is 0 Å². The molecule has 0 spiro atoms. The molecule has 0 heterocycles. The molecule has 0 unspecified atom stereocenters. The van der Waals surface area contributed by atoms with Crippen LogP contribution in [0.15, 0.2) is 12.1 Å². The Kier molecular flexibility index (Phi) is 4.20. The summed E-state index contributed by atoms with van der Waals surface area (Å²) in [4.78, 5) is 13.1. The zero-order valence-corrected chi connectivity index (χ0v) is 10.8. The molecule has 1 aromatic rings. The van der Waals surface area contributed by atoms with E-state index in [1.807, 2.05) is 13.0 Å². The van der Waals surface area contributed by atoms with Crippen molar-refractivity contribution in [1.82, 2.24) is 5.32 Å². The monoisotopic (exact) mass is 238 g/mol. The molecular formula is C12H18N2O3. The van der Waals surface area contributed by atoms with Gasteiger partial charge in [-0.1, -0.05) is 0 Å². The fraction of sp³-hybridized carbons (Fsp3) is 0.417. The van der Waals surface area contributed by atoms with Crippen molar-refractivity contribution in [3.05, 3.63) is 17.7 Å². The van der Waals surface area contributed by atoms with Gasteiger partial charge >= 0.3 is 6.03 Å². The van der Waals surface area contributed by atoms with Crippen molar-refractivity contribution in [2.45, 2.75) is 6.92 Å². The highest BCUT2D eigenvalue weighted by Crippen LogP contribution is 2.34. The van der Waals surface area contributed by atoms with Crippen LogP contribution >= 0.6 is 0 Å². The molecule has 0 aliphatic heterocycles. The van der Waals surface area contributed by atoms with Crippen LogP contribution in [0.3, 0.4) is 0 Å². The number of ether oxygens (including phenoxy) is 2. The van der Waals surface area contributed by atoms with E-state index in [1.54, 1.807) is 34.4 Å². The smallest absolute Gasteiger partial charge is 0.321 e. The van der Waals surface area contributed by atoms with Crippen molar-refractivity contribution < 1.29 is 14.3 Å². The quantitative estimate of drug-likeness (QED) is 0.873. The van der Waals surface area contributed by atoms with Crippen LogP contribution in [-0.2, 0) is 0 Å². The van der Waals surface area contributed by atoms with Gasteiger partial charge in [0.1, 0.15) is 0 Å². The molecule has 5 heteroatoms. The van der Waals surface area contributed by atoms with E-state index in [0.29, 0.717) is 11.5 Å². The summed E-state index contributed by atoms with van der Waals surface area (Å²) in [5, 5.41) is 2.57. The first-order valence-corrected chi connectivity index (χ1v) is 5.23. The lowest BCUT2D eigenvalue weighted by molar-refractivity contribution is 0.249. The fourth-order valence-corrected chi connectivity index (χ4v) is 1.61. The number of anilines is 1. The van der Waals surface area contributed by atoms with E-state index in [2.05, 4.69) is 5.32 Å². The third-order valence-corrected chi connectivity index (χ3v) is 2.58. The predicted octanol–water partition coefficient (Wildman–Crippen LogP) is 1.79. The Morgan fingerprint density at radius 3 is 2.24 bits per heavy atom. The zero-order chi connectivity index (χ0) is 13.0. The maximum Gasteiger partial charge on any atom is 0.321 e. The molecule has 1 N–H and O–H groups in total. The van der Waals surface area contributed by atoms with Crippen LogP contribution in [0.25, 0.3) is 0 Å². The van der Waals surface area contributed by atoms with Crippen molar-refractivity contribution in [2.24, 2.45) is 0 Å². The summed E-state index contributed by atoms with van der Waals surface area (Å²) >= 11 is 0. The number of nitrogens with zero attached hydrogens (tertiary/aromatic N) is 1. The molecule has 17 heavy (non-hydrogen) atoms. The Balaban J connectivity index is 3.21. The second kappa shape index (κ2) is 5.43. The fourth-order valence-electron chi connectivity index (χ4n) is 1.61. The Bertz CT molecular complexity index is 418. The number of benzene rings is 1. The van der Waals surface area contributed by atoms with Crippen molar-refractivity contribution in [1.29, 1.82) is 0 Å². The molecule has 0 radical (unpaired) electrons. The number of carbonyl (C=O) groups is 1. The van der Waals surface area contributed by atoms with Crippen LogP contribution in [0, 0.1) is 6.92 Å². The van der Waals surface area contributed by atoms with Gasteiger partial charge in [-0.2, -0.15) is 0 Å². The van der Waals surface area contributed by atoms with Crippen molar-refractivity contribution in [3.8, 4) is 11.5 Å². The summed E-state index contributed by atoms with van der Waals surface area (Å²) in [5.74, 6) is 1.25. The van der Waals surface area contributed by atoms with Crippen LogP contribution in [-0.4, -0.2) is 34.3 Å². The molecule has 0 atom stereocenters. The maximum atomic E-state index is 11.6. The summed E-state index contributed by atoms with van der Waals surface area (Å²) in [6.45, 7) is 1.91. The van der Waals surface area contributed by atoms with Crippen LogP contribution < -0.4 is 19.7 Å². The van der Waals surface area contributed by atoms with E-state index in [1.165, 1.54) is 4.90 Å². The van der Waals surface area contributed by atoms with E-state index in [4.69, 9.17) is 9.47 Å². The molecule has 5 nitrogen and oxygen atoms in total. The zero-order valence-electron chi connectivity index (χ0n) is 10.8. The topological polar surface area (TPSA) is 50.8 Å². The number of rotatable bonds is 3. The van der Waals surface area contributed by atoms with E-state index in [0.717, 1.165) is 11.3 Å². The SMILES string of the molecule is CNC(=O)N(C)c1cc(OC)c(OC)cc1C. The van der Waals surface area contributed by atoms with E-state index in [9.17, 15) is 4.79 Å². The van der Waals surface area contributed by atoms with E-state index >= 15 is 0 Å². The predicted molar refractivity (Wildman–Crippen MR) is 67.1 cm³/mol. The molecule has 94 valence electrons. The second-order valence-corrected chi connectivity index (χ2v) is 3.61. The molecule has 0 aliphatic carbocycles. The number of hydrogen-bond donors (Lipinski definition) is 1. The van der Waals surface area contributed by atoms with Gasteiger partial charge in [0.05, 0.1) is 19.9 Å². The molecule has 0 saturated carbocycles. The summed E-state index contributed by atoms with van der Waals surface area (Å²) in [6, 6.07) is 3.44. The minimum atomic E-state index is -0.180. The molecular weight excluding hydrogens is 220 g/mol. The Hall–Kier alpha value is -1.91. The number of amides is 2. The van der Waals surface area contributed by atoms with E-state index < -0.39 is 0 Å². The molecule has 2 amide bonds. The number of methoxy groups -OCH3 is 2. The molecule has 0 aliphatic rings. The molecule has 0 saturated heterocycles. The van der Waals surface area contributed by atoms with Gasteiger partial charge in [-0.25, -0.2) is 4.79 Å². The third-order valence-electron chi connectivity index (χ3n) is 2.58. The van der Waals surface area contributed by atoms with Crippen molar-refractivity contribution in [3.63, 3.8) is 0 Å². The highest BCUT2D eigenvalue weighted by molar-refractivity contribution is 5.92. The lowest BCUT2D eigenvalue weighted by Gasteiger charge is -2.20. The first-order valence-electron chi connectivity index (χ1n) is 5.23. The highest BCUT2D eigenvalue weighted by Gasteiger charge is 2.15. The standard InChI is InChI=1S/C12H18N2O3/c1-8-6-10(16-4)11(17-5)7-9(8)14(3)12(15)13-2/h6-7H,1-5H3,(H,13,15). The van der Waals surface area contributed by atoms with Crippen LogP contribution in [0.4, 0.5) is 10.5 Å². The summed E-state index contributed by atoms with van der Waals surface area (Å²) in [6.07, 6.45) is 0. The van der Waals surface area contributed by atoms with Gasteiger partial charge in [-0.3, -0.25) is 4.90 Å². The second-order valence-electron chi connectivity index (χ2n) is 3.61. The normalized spacial score (nSPS) is 9.71. The average molecular weight is 238 g/mol. The Morgan fingerprint density at radius 2 is 1.76 bits per heavy atom. The Labute approximate surface area is 101 Å². The largest absolute Gasteiger partial charge is 0.493 e. The number of nitrogens with one attached hydrogen (secondary N) is 1. The van der Waals surface area contributed by atoms with Gasteiger partial charge in [0.15, 0.2) is 11.5 Å². The minimum Gasteiger partial charge on any atom is -0.493 e. The third kappa shape index (κ3) is 2.61. The average Bonchev–Trinajstić information content (AvgIpc) is 2.36. The van der Waals surface area contributed by atoms with Gasteiger partial charge in [-0.05, 0) is 18.6 Å². The van der Waals surface area contributed by atoms with Gasteiger partial charge in [-0.15, -0.1) is 0 Å². The molecule has 0 bridgehead atoms. The summed E-state index contributed by atoms with van der Waals surface area (Å²) in [5.41, 5.74) is 1.72. The van der Waals surface area contributed by atoms with E-state index in [-0.39, 0.29) is 6.03 Å². The first kappa shape index (κ1) is 13.2. The number of urea groups is 1. The van der Waals surface area contributed by atoms with Gasteiger partial charge in [0.25, 0.3) is 0 Å². The molecule has 1 aromatic carbocycles. The number of hydrogen-bond acceptors (Lipinski definition) is 3.